The van der Waals surface area contributed by atoms with E-state index in [1.165, 1.54) is 0 Å². The Kier molecular flexibility index (Phi) is 64.1. The molecule has 0 aliphatic rings. The molecule has 0 aliphatic carbocycles. The van der Waals surface area contributed by atoms with Crippen molar-refractivity contribution in [3.05, 3.63) is 0 Å². The van der Waals surface area contributed by atoms with E-state index >= 15 is 0 Å². The van der Waals surface area contributed by atoms with Crippen molar-refractivity contribution in [1.82, 2.24) is 0 Å². The Morgan fingerprint density at radius 3 is 0.611 bits per heavy atom. The Bertz CT molecular complexity index is 67.1. The molecule has 0 aromatic carbocycles. The molecular formula is C12H30BaCuO4. The van der Waals surface area contributed by atoms with E-state index in [0.29, 0.717) is 0 Å². The van der Waals surface area contributed by atoms with Gasteiger partial charge in [0, 0.05) is 29.3 Å². The van der Waals surface area contributed by atoms with Crippen LogP contribution in [0.1, 0.15) is 55.4 Å². The zero-order valence-corrected chi connectivity index (χ0v) is 18.4. The maximum absolute atomic E-state index is 9.53. The summed E-state index contributed by atoms with van der Waals surface area (Å²) < 4.78 is 0. The second kappa shape index (κ2) is 31.4. The second-order valence-corrected chi connectivity index (χ2v) is 4.29. The molecule has 1 radical (unpaired) electrons. The average molecular weight is 439 g/mol. The van der Waals surface area contributed by atoms with Crippen molar-refractivity contribution < 1.29 is 37.5 Å². The Morgan fingerprint density at radius 1 is 0.611 bits per heavy atom. The minimum Gasteiger partial charge on any atom is -0.852 e. The van der Waals surface area contributed by atoms with E-state index in [1.807, 2.05) is 0 Å². The average Bonchev–Trinajstić information content (AvgIpc) is 1.76. The van der Waals surface area contributed by atoms with Crippen LogP contribution in [-0.2, 0) is 17.1 Å². The van der Waals surface area contributed by atoms with Crippen molar-refractivity contribution in [2.75, 3.05) is 0 Å². The molecular weight excluding hydrogens is 409 g/mol. The summed E-state index contributed by atoms with van der Waals surface area (Å²) in [4.78, 5) is 0. The topological polar surface area (TPSA) is 86.6 Å². The number of hydrogen-bond donors (Lipinski definition) is 2. The van der Waals surface area contributed by atoms with Crippen LogP contribution in [0, 0.1) is 0 Å². The molecule has 115 valence electrons. The minimum absolute atomic E-state index is 0. The van der Waals surface area contributed by atoms with E-state index in [2.05, 4.69) is 0 Å². The zero-order valence-electron chi connectivity index (χ0n) is 13.0. The van der Waals surface area contributed by atoms with Gasteiger partial charge in [0.15, 0.2) is 0 Å². The summed E-state index contributed by atoms with van der Waals surface area (Å²) in [6.07, 6.45) is -1.17. The van der Waals surface area contributed by atoms with Crippen LogP contribution in [0.3, 0.4) is 0 Å². The first-order valence-electron chi connectivity index (χ1n) is 5.61. The normalized spacial score (nSPS) is 8.00. The van der Waals surface area contributed by atoms with Crippen LogP contribution < -0.4 is 10.2 Å². The summed E-state index contributed by atoms with van der Waals surface area (Å²) in [5.74, 6) is 0. The van der Waals surface area contributed by atoms with E-state index in [9.17, 15) is 10.2 Å². The van der Waals surface area contributed by atoms with Gasteiger partial charge in [-0.3, -0.25) is 0 Å². The molecule has 2 N–H and O–H groups in total. The van der Waals surface area contributed by atoms with Crippen LogP contribution in [0.15, 0.2) is 0 Å². The Hall–Kier alpha value is 1.93. The summed E-state index contributed by atoms with van der Waals surface area (Å²) in [7, 11) is 0. The van der Waals surface area contributed by atoms with Gasteiger partial charge in [-0.2, -0.15) is 0 Å². The molecule has 0 saturated carbocycles. The first-order valence-corrected chi connectivity index (χ1v) is 5.61. The minimum atomic E-state index is -0.417. The van der Waals surface area contributed by atoms with Crippen molar-refractivity contribution in [1.29, 1.82) is 0 Å². The van der Waals surface area contributed by atoms with Gasteiger partial charge in [-0.1, -0.05) is 27.7 Å². The number of aliphatic hydroxyl groups is 2. The number of aliphatic hydroxyl groups excluding tert-OH is 2. The van der Waals surface area contributed by atoms with Crippen molar-refractivity contribution >= 4 is 48.9 Å². The van der Waals surface area contributed by atoms with Crippen LogP contribution in [0.4, 0.5) is 0 Å². The van der Waals surface area contributed by atoms with Gasteiger partial charge in [-0.25, -0.2) is 0 Å². The predicted molar refractivity (Wildman–Crippen MR) is 70.7 cm³/mol. The molecule has 0 saturated heterocycles. The van der Waals surface area contributed by atoms with E-state index in [0.717, 1.165) is 0 Å². The third-order valence-corrected chi connectivity index (χ3v) is 0. The van der Waals surface area contributed by atoms with E-state index < -0.39 is 12.2 Å². The summed E-state index contributed by atoms with van der Waals surface area (Å²) in [6, 6.07) is 0. The SMILES string of the molecule is CC(C)O.CC(C)O.CC(C)[O-].CC(C)[O-].[Ba+2].[Cu]. The molecule has 0 aromatic rings. The third-order valence-electron chi connectivity index (χ3n) is 0. The van der Waals surface area contributed by atoms with Gasteiger partial charge < -0.3 is 20.4 Å². The van der Waals surface area contributed by atoms with Gasteiger partial charge in [0.25, 0.3) is 0 Å². The predicted octanol–water partition coefficient (Wildman–Crippen LogP) is -0.0989. The fourth-order valence-electron chi connectivity index (χ4n) is 0. The summed E-state index contributed by atoms with van der Waals surface area (Å²) in [5.41, 5.74) is 0. The zero-order chi connectivity index (χ0) is 14.3. The van der Waals surface area contributed by atoms with E-state index in [-0.39, 0.29) is 78.2 Å². The molecule has 0 aliphatic heterocycles. The molecule has 0 spiro atoms. The van der Waals surface area contributed by atoms with Crippen molar-refractivity contribution in [2.24, 2.45) is 0 Å². The first-order chi connectivity index (χ1) is 6.93. The molecule has 4 nitrogen and oxygen atoms in total. The van der Waals surface area contributed by atoms with Crippen molar-refractivity contribution in [3.8, 4) is 0 Å². The fraction of sp³-hybridized carbons (Fsp3) is 1.00. The third kappa shape index (κ3) is 1380. The van der Waals surface area contributed by atoms with Gasteiger partial charge in [0.05, 0.1) is 0 Å². The monoisotopic (exact) mass is 439 g/mol. The van der Waals surface area contributed by atoms with Crippen molar-refractivity contribution in [3.63, 3.8) is 0 Å². The standard InChI is InChI=1S/2C3H8O.2C3H7O.Ba.Cu/c4*1-3(2)4;;/h2*3-4H,1-2H3;2*3H,1-2H3;;/q;;2*-1;+2;. The van der Waals surface area contributed by atoms with E-state index in [1.54, 1.807) is 55.4 Å². The van der Waals surface area contributed by atoms with Crippen LogP contribution >= 0.6 is 0 Å². The maximum Gasteiger partial charge on any atom is 2.00 e. The first kappa shape index (κ1) is 36.8. The summed E-state index contributed by atoms with van der Waals surface area (Å²) in [5, 5.41) is 35.2. The molecule has 0 bridgehead atoms. The van der Waals surface area contributed by atoms with Gasteiger partial charge >= 0.3 is 48.9 Å². The molecule has 0 aromatic heterocycles. The maximum atomic E-state index is 9.53. The summed E-state index contributed by atoms with van der Waals surface area (Å²) in [6.45, 7) is 13.3. The second-order valence-electron chi connectivity index (χ2n) is 4.29. The van der Waals surface area contributed by atoms with Crippen LogP contribution in [0.25, 0.3) is 0 Å². The molecule has 0 amide bonds. The van der Waals surface area contributed by atoms with Gasteiger partial charge in [-0.05, 0) is 27.7 Å². The quantitative estimate of drug-likeness (QED) is 0.517. The molecule has 18 heavy (non-hydrogen) atoms. The Labute approximate surface area is 164 Å². The molecule has 0 fully saturated rings. The number of hydrogen-bond acceptors (Lipinski definition) is 4. The van der Waals surface area contributed by atoms with Crippen molar-refractivity contribution in [2.45, 2.75) is 79.8 Å². The molecule has 0 unspecified atom stereocenters. The van der Waals surface area contributed by atoms with E-state index in [4.69, 9.17) is 10.2 Å². The van der Waals surface area contributed by atoms with Gasteiger partial charge in [-0.15, -0.1) is 12.2 Å². The van der Waals surface area contributed by atoms with Gasteiger partial charge in [0.2, 0.25) is 0 Å². The summed E-state index contributed by atoms with van der Waals surface area (Å²) >= 11 is 0. The molecule has 6 heteroatoms. The Morgan fingerprint density at radius 2 is 0.611 bits per heavy atom. The Balaban J connectivity index is -0.0000000257. The molecule has 0 atom stereocenters. The van der Waals surface area contributed by atoms with Gasteiger partial charge in [0.1, 0.15) is 0 Å². The van der Waals surface area contributed by atoms with Crippen LogP contribution in [0.5, 0.6) is 0 Å². The molecule has 0 rings (SSSR count). The molecule has 0 heterocycles. The fourth-order valence-corrected chi connectivity index (χ4v) is 0. The number of rotatable bonds is 0. The van der Waals surface area contributed by atoms with Crippen LogP contribution in [-0.4, -0.2) is 83.5 Å². The van der Waals surface area contributed by atoms with Crippen LogP contribution in [0.2, 0.25) is 0 Å². The largest absolute Gasteiger partial charge is 2.00 e. The smallest absolute Gasteiger partial charge is 0.852 e.